The SMILES string of the molecule is CCC(N)C1(CCO)CC(C)C1. The lowest BCUT2D eigenvalue weighted by Gasteiger charge is -2.50. The van der Waals surface area contributed by atoms with Crippen LogP contribution in [0.1, 0.15) is 39.5 Å². The van der Waals surface area contributed by atoms with Gasteiger partial charge in [-0.05, 0) is 37.0 Å². The lowest BCUT2D eigenvalue weighted by atomic mass is 9.57. The van der Waals surface area contributed by atoms with Crippen LogP contribution in [-0.2, 0) is 0 Å². The normalized spacial score (nSPS) is 37.5. The first-order valence-corrected chi connectivity index (χ1v) is 5.01. The van der Waals surface area contributed by atoms with Crippen LogP contribution in [0.4, 0.5) is 0 Å². The van der Waals surface area contributed by atoms with Gasteiger partial charge in [0.25, 0.3) is 0 Å². The van der Waals surface area contributed by atoms with Gasteiger partial charge in [0.05, 0.1) is 0 Å². The van der Waals surface area contributed by atoms with E-state index in [0.29, 0.717) is 12.6 Å². The highest BCUT2D eigenvalue weighted by atomic mass is 16.3. The number of hydrogen-bond acceptors (Lipinski definition) is 2. The number of hydrogen-bond donors (Lipinski definition) is 2. The average molecular weight is 171 g/mol. The summed E-state index contributed by atoms with van der Waals surface area (Å²) >= 11 is 0. The first kappa shape index (κ1) is 10.0. The molecule has 1 rings (SSSR count). The Kier molecular flexibility index (Phi) is 3.13. The molecule has 0 aromatic carbocycles. The van der Waals surface area contributed by atoms with E-state index >= 15 is 0 Å². The summed E-state index contributed by atoms with van der Waals surface area (Å²) in [4.78, 5) is 0. The van der Waals surface area contributed by atoms with Gasteiger partial charge in [0, 0.05) is 12.6 Å². The third-order valence-electron chi connectivity index (χ3n) is 3.35. The molecule has 12 heavy (non-hydrogen) atoms. The molecule has 1 aliphatic carbocycles. The van der Waals surface area contributed by atoms with E-state index in [0.717, 1.165) is 18.8 Å². The monoisotopic (exact) mass is 171 g/mol. The minimum atomic E-state index is 0.281. The fourth-order valence-electron chi connectivity index (χ4n) is 2.68. The second-order valence-corrected chi connectivity index (χ2v) is 4.36. The lowest BCUT2D eigenvalue weighted by Crippen LogP contribution is -2.50. The molecule has 3 N–H and O–H groups in total. The van der Waals surface area contributed by atoms with Crippen LogP contribution in [0.15, 0.2) is 0 Å². The zero-order valence-corrected chi connectivity index (χ0v) is 8.21. The highest BCUT2D eigenvalue weighted by Crippen LogP contribution is 2.50. The summed E-state index contributed by atoms with van der Waals surface area (Å²) in [6.07, 6.45) is 4.35. The van der Waals surface area contributed by atoms with Gasteiger partial charge in [0.15, 0.2) is 0 Å². The minimum absolute atomic E-state index is 0.281. The van der Waals surface area contributed by atoms with E-state index in [9.17, 15) is 0 Å². The van der Waals surface area contributed by atoms with Gasteiger partial charge < -0.3 is 10.8 Å². The molecule has 1 atom stereocenters. The number of nitrogens with two attached hydrogens (primary N) is 1. The second kappa shape index (κ2) is 3.75. The zero-order valence-electron chi connectivity index (χ0n) is 8.21. The van der Waals surface area contributed by atoms with Crippen LogP contribution in [0.3, 0.4) is 0 Å². The number of rotatable bonds is 4. The average Bonchev–Trinajstić information content (AvgIpc) is 2.00. The molecule has 1 saturated carbocycles. The van der Waals surface area contributed by atoms with Crippen molar-refractivity contribution in [1.82, 2.24) is 0 Å². The smallest absolute Gasteiger partial charge is 0.0436 e. The maximum atomic E-state index is 8.94. The third-order valence-corrected chi connectivity index (χ3v) is 3.35. The largest absolute Gasteiger partial charge is 0.396 e. The molecule has 0 saturated heterocycles. The summed E-state index contributed by atoms with van der Waals surface area (Å²) in [6, 6.07) is 0.292. The fraction of sp³-hybridized carbons (Fsp3) is 1.00. The van der Waals surface area contributed by atoms with E-state index in [1.54, 1.807) is 0 Å². The Morgan fingerprint density at radius 3 is 2.50 bits per heavy atom. The second-order valence-electron chi connectivity index (χ2n) is 4.36. The Bertz CT molecular complexity index is 135. The van der Waals surface area contributed by atoms with Gasteiger partial charge in [-0.25, -0.2) is 0 Å². The summed E-state index contributed by atoms with van der Waals surface area (Å²) in [5, 5.41) is 8.94. The van der Waals surface area contributed by atoms with Crippen LogP contribution in [-0.4, -0.2) is 17.8 Å². The molecule has 2 heteroatoms. The minimum Gasteiger partial charge on any atom is -0.396 e. The van der Waals surface area contributed by atoms with E-state index < -0.39 is 0 Å². The van der Waals surface area contributed by atoms with Crippen LogP contribution in [0.5, 0.6) is 0 Å². The molecule has 0 aromatic rings. The summed E-state index contributed by atoms with van der Waals surface area (Å²) in [5.74, 6) is 0.814. The van der Waals surface area contributed by atoms with Gasteiger partial charge in [0.1, 0.15) is 0 Å². The predicted molar refractivity (Wildman–Crippen MR) is 50.8 cm³/mol. The first-order valence-electron chi connectivity index (χ1n) is 5.01. The molecule has 1 fully saturated rings. The van der Waals surface area contributed by atoms with Gasteiger partial charge in [-0.1, -0.05) is 13.8 Å². The van der Waals surface area contributed by atoms with Crippen LogP contribution in [0.2, 0.25) is 0 Å². The summed E-state index contributed by atoms with van der Waals surface area (Å²) in [7, 11) is 0. The van der Waals surface area contributed by atoms with Crippen molar-refractivity contribution in [3.8, 4) is 0 Å². The third kappa shape index (κ3) is 1.64. The molecule has 0 aliphatic heterocycles. The molecule has 0 spiro atoms. The molecular weight excluding hydrogens is 150 g/mol. The Balaban J connectivity index is 2.50. The predicted octanol–water partition coefficient (Wildman–Crippen LogP) is 1.52. The van der Waals surface area contributed by atoms with Crippen molar-refractivity contribution in [2.45, 2.75) is 45.6 Å². The summed E-state index contributed by atoms with van der Waals surface area (Å²) in [6.45, 7) is 4.69. The van der Waals surface area contributed by atoms with Crippen LogP contribution >= 0.6 is 0 Å². The molecule has 0 bridgehead atoms. The maximum absolute atomic E-state index is 8.94. The van der Waals surface area contributed by atoms with E-state index in [-0.39, 0.29) is 5.41 Å². The van der Waals surface area contributed by atoms with E-state index in [1.807, 2.05) is 0 Å². The summed E-state index contributed by atoms with van der Waals surface area (Å²) in [5.41, 5.74) is 6.33. The topological polar surface area (TPSA) is 46.2 Å². The van der Waals surface area contributed by atoms with E-state index in [2.05, 4.69) is 13.8 Å². The standard InChI is InChI=1S/C10H21NO/c1-3-9(11)10(4-5-12)6-8(2)7-10/h8-9,12H,3-7,11H2,1-2H3. The first-order chi connectivity index (χ1) is 5.64. The van der Waals surface area contributed by atoms with Crippen molar-refractivity contribution < 1.29 is 5.11 Å². The van der Waals surface area contributed by atoms with Crippen molar-refractivity contribution >= 4 is 0 Å². The Hall–Kier alpha value is -0.0800. The van der Waals surface area contributed by atoms with Crippen molar-refractivity contribution in [2.24, 2.45) is 17.1 Å². The van der Waals surface area contributed by atoms with Gasteiger partial charge in [-0.2, -0.15) is 0 Å². The van der Waals surface area contributed by atoms with Crippen molar-refractivity contribution in [3.63, 3.8) is 0 Å². The number of aliphatic hydroxyl groups excluding tert-OH is 1. The van der Waals surface area contributed by atoms with Crippen molar-refractivity contribution in [3.05, 3.63) is 0 Å². The Labute approximate surface area is 75.2 Å². The Morgan fingerprint density at radius 1 is 1.58 bits per heavy atom. The molecule has 0 radical (unpaired) electrons. The lowest BCUT2D eigenvalue weighted by molar-refractivity contribution is 0.00908. The molecule has 1 aliphatic rings. The van der Waals surface area contributed by atoms with Crippen LogP contribution < -0.4 is 5.73 Å². The Morgan fingerprint density at radius 2 is 2.17 bits per heavy atom. The van der Waals surface area contributed by atoms with Crippen LogP contribution in [0, 0.1) is 11.3 Å². The van der Waals surface area contributed by atoms with E-state index in [4.69, 9.17) is 10.8 Å². The molecule has 1 unspecified atom stereocenters. The molecular formula is C10H21NO. The molecule has 0 amide bonds. The van der Waals surface area contributed by atoms with Gasteiger partial charge >= 0.3 is 0 Å². The highest BCUT2D eigenvalue weighted by Gasteiger charge is 2.44. The van der Waals surface area contributed by atoms with Gasteiger partial charge in [0.2, 0.25) is 0 Å². The number of aliphatic hydroxyl groups is 1. The molecule has 2 nitrogen and oxygen atoms in total. The highest BCUT2D eigenvalue weighted by molar-refractivity contribution is 4.98. The van der Waals surface area contributed by atoms with Crippen molar-refractivity contribution in [2.75, 3.05) is 6.61 Å². The molecule has 0 heterocycles. The maximum Gasteiger partial charge on any atom is 0.0436 e. The summed E-state index contributed by atoms with van der Waals surface area (Å²) < 4.78 is 0. The molecule has 72 valence electrons. The van der Waals surface area contributed by atoms with Crippen LogP contribution in [0.25, 0.3) is 0 Å². The van der Waals surface area contributed by atoms with Gasteiger partial charge in [-0.3, -0.25) is 0 Å². The molecule has 0 aromatic heterocycles. The fourth-order valence-corrected chi connectivity index (χ4v) is 2.68. The quantitative estimate of drug-likeness (QED) is 0.673. The van der Waals surface area contributed by atoms with Crippen molar-refractivity contribution in [1.29, 1.82) is 0 Å². The van der Waals surface area contributed by atoms with E-state index in [1.165, 1.54) is 12.8 Å². The zero-order chi connectivity index (χ0) is 9.19. The van der Waals surface area contributed by atoms with Gasteiger partial charge in [-0.15, -0.1) is 0 Å².